The molecule has 4 N–H and O–H groups in total. The Bertz CT molecular complexity index is 664. The second-order valence-corrected chi connectivity index (χ2v) is 3.81. The van der Waals surface area contributed by atoms with Gasteiger partial charge in [-0.25, -0.2) is 20.8 Å². The molecule has 2 aromatic heterocycles. The number of aromatic nitrogens is 5. The Morgan fingerprint density at radius 2 is 1.95 bits per heavy atom. The summed E-state index contributed by atoms with van der Waals surface area (Å²) < 4.78 is 0. The third-order valence-electron chi connectivity index (χ3n) is 2.57. The number of nitrogens with one attached hydrogen (secondary N) is 2. The highest BCUT2D eigenvalue weighted by atomic mass is 15.3. The Labute approximate surface area is 108 Å². The lowest BCUT2D eigenvalue weighted by atomic mass is 10.1. The molecular weight excluding hydrogens is 242 g/mol. The van der Waals surface area contributed by atoms with Gasteiger partial charge in [-0.1, -0.05) is 30.3 Å². The van der Waals surface area contributed by atoms with Crippen LogP contribution in [0.5, 0.6) is 0 Å². The second kappa shape index (κ2) is 4.83. The molecule has 0 radical (unpaired) electrons. The zero-order valence-corrected chi connectivity index (χ0v) is 9.91. The molecule has 0 fully saturated rings. The Morgan fingerprint density at radius 3 is 2.63 bits per heavy atom. The highest BCUT2D eigenvalue weighted by Crippen LogP contribution is 2.21. The van der Waals surface area contributed by atoms with Crippen molar-refractivity contribution in [2.45, 2.75) is 0 Å². The summed E-state index contributed by atoms with van der Waals surface area (Å²) in [5, 5.41) is 6.52. The predicted octanol–water partition coefficient (Wildman–Crippen LogP) is 1.21. The molecule has 0 unspecified atom stereocenters. The van der Waals surface area contributed by atoms with E-state index in [1.807, 2.05) is 30.3 Å². The van der Waals surface area contributed by atoms with Gasteiger partial charge in [0.05, 0.1) is 5.69 Å². The predicted molar refractivity (Wildman–Crippen MR) is 70.7 cm³/mol. The normalized spacial score (nSPS) is 10.4. The molecule has 0 aliphatic rings. The van der Waals surface area contributed by atoms with Gasteiger partial charge in [-0.2, -0.15) is 5.10 Å². The summed E-state index contributed by atoms with van der Waals surface area (Å²) in [5.41, 5.74) is 4.26. The van der Waals surface area contributed by atoms with Crippen LogP contribution in [0.2, 0.25) is 0 Å². The van der Waals surface area contributed by atoms with Crippen molar-refractivity contribution in [3.8, 4) is 22.9 Å². The van der Waals surface area contributed by atoms with Crippen LogP contribution in [0.1, 0.15) is 0 Å². The average Bonchev–Trinajstić information content (AvgIpc) is 3.02. The molecule has 0 bridgehead atoms. The zero-order chi connectivity index (χ0) is 13.1. The van der Waals surface area contributed by atoms with E-state index in [-0.39, 0.29) is 0 Å². The maximum Gasteiger partial charge on any atom is 0.199 e. The largest absolute Gasteiger partial charge is 0.308 e. The van der Waals surface area contributed by atoms with Crippen molar-refractivity contribution >= 4 is 5.82 Å². The Hall–Kier alpha value is -2.80. The summed E-state index contributed by atoms with van der Waals surface area (Å²) in [6.45, 7) is 0. The second-order valence-electron chi connectivity index (χ2n) is 3.81. The van der Waals surface area contributed by atoms with Crippen molar-refractivity contribution in [2.75, 3.05) is 5.43 Å². The smallest absolute Gasteiger partial charge is 0.199 e. The molecule has 7 nitrogen and oxygen atoms in total. The van der Waals surface area contributed by atoms with E-state index in [9.17, 15) is 0 Å². The molecule has 0 spiro atoms. The number of hydrogen-bond acceptors (Lipinski definition) is 6. The minimum absolute atomic E-state index is 0.437. The van der Waals surface area contributed by atoms with Crippen LogP contribution in [0.4, 0.5) is 5.82 Å². The van der Waals surface area contributed by atoms with E-state index in [4.69, 9.17) is 5.84 Å². The SMILES string of the molecule is NNc1cc(-c2ccccc2)nc(-c2ncn[nH]2)n1. The number of hydrazine groups is 1. The lowest BCUT2D eigenvalue weighted by molar-refractivity contribution is 1.06. The highest BCUT2D eigenvalue weighted by molar-refractivity contribution is 5.65. The summed E-state index contributed by atoms with van der Waals surface area (Å²) in [6.07, 6.45) is 1.41. The minimum Gasteiger partial charge on any atom is -0.308 e. The molecule has 0 saturated heterocycles. The first-order chi connectivity index (χ1) is 9.36. The number of nitrogen functional groups attached to an aromatic ring is 1. The quantitative estimate of drug-likeness (QED) is 0.478. The van der Waals surface area contributed by atoms with Crippen LogP contribution < -0.4 is 11.3 Å². The van der Waals surface area contributed by atoms with Crippen LogP contribution in [0, 0.1) is 0 Å². The van der Waals surface area contributed by atoms with Crippen molar-refractivity contribution in [3.63, 3.8) is 0 Å². The van der Waals surface area contributed by atoms with Crippen LogP contribution in [-0.2, 0) is 0 Å². The highest BCUT2D eigenvalue weighted by Gasteiger charge is 2.09. The average molecular weight is 253 g/mol. The van der Waals surface area contributed by atoms with Crippen molar-refractivity contribution in [2.24, 2.45) is 5.84 Å². The third-order valence-corrected chi connectivity index (χ3v) is 2.57. The standard InChI is InChI=1S/C12H11N7/c13-18-10-6-9(8-4-2-1-3-5-8)16-12(17-10)11-14-7-15-19-11/h1-7H,13H2,(H,14,15,19)(H,16,17,18). The summed E-state index contributed by atoms with van der Waals surface area (Å²) in [6, 6.07) is 11.5. The van der Waals surface area contributed by atoms with E-state index in [1.54, 1.807) is 6.07 Å². The summed E-state index contributed by atoms with van der Waals surface area (Å²) in [5.74, 6) is 6.88. The molecule has 3 rings (SSSR count). The van der Waals surface area contributed by atoms with Gasteiger partial charge in [-0.3, -0.25) is 5.10 Å². The summed E-state index contributed by atoms with van der Waals surface area (Å²) in [7, 11) is 0. The number of nitrogens with two attached hydrogens (primary N) is 1. The fourth-order valence-corrected chi connectivity index (χ4v) is 1.70. The van der Waals surface area contributed by atoms with Gasteiger partial charge in [0, 0.05) is 11.6 Å². The first-order valence-electron chi connectivity index (χ1n) is 5.63. The zero-order valence-electron chi connectivity index (χ0n) is 9.91. The molecule has 3 aromatic rings. The van der Waals surface area contributed by atoms with Gasteiger partial charge in [0.1, 0.15) is 12.1 Å². The van der Waals surface area contributed by atoms with E-state index in [2.05, 4.69) is 30.6 Å². The topological polar surface area (TPSA) is 105 Å². The molecule has 0 amide bonds. The first-order valence-corrected chi connectivity index (χ1v) is 5.63. The molecule has 0 aliphatic heterocycles. The fourth-order valence-electron chi connectivity index (χ4n) is 1.70. The number of aromatic amines is 1. The molecule has 0 saturated carbocycles. The maximum absolute atomic E-state index is 5.43. The molecule has 7 heteroatoms. The van der Waals surface area contributed by atoms with E-state index in [0.717, 1.165) is 11.3 Å². The fraction of sp³-hybridized carbons (Fsp3) is 0. The van der Waals surface area contributed by atoms with E-state index in [0.29, 0.717) is 17.5 Å². The number of rotatable bonds is 3. The molecule has 19 heavy (non-hydrogen) atoms. The van der Waals surface area contributed by atoms with Gasteiger partial charge in [0.15, 0.2) is 11.6 Å². The number of H-pyrrole nitrogens is 1. The van der Waals surface area contributed by atoms with Crippen molar-refractivity contribution in [3.05, 3.63) is 42.7 Å². The van der Waals surface area contributed by atoms with Crippen LogP contribution in [0.3, 0.4) is 0 Å². The number of anilines is 1. The van der Waals surface area contributed by atoms with Gasteiger partial charge >= 0.3 is 0 Å². The van der Waals surface area contributed by atoms with Crippen LogP contribution in [-0.4, -0.2) is 25.1 Å². The van der Waals surface area contributed by atoms with Crippen LogP contribution in [0.25, 0.3) is 22.9 Å². The molecule has 2 heterocycles. The van der Waals surface area contributed by atoms with Gasteiger partial charge in [0.2, 0.25) is 0 Å². The Balaban J connectivity index is 2.13. The lowest BCUT2D eigenvalue weighted by Gasteiger charge is -2.06. The molecule has 1 aromatic carbocycles. The molecule has 94 valence electrons. The van der Waals surface area contributed by atoms with Gasteiger partial charge in [-0.15, -0.1) is 0 Å². The van der Waals surface area contributed by atoms with Crippen molar-refractivity contribution in [1.82, 2.24) is 25.1 Å². The first kappa shape index (κ1) is 11.3. The number of nitrogens with zero attached hydrogens (tertiary/aromatic N) is 4. The minimum atomic E-state index is 0.437. The van der Waals surface area contributed by atoms with Crippen LogP contribution in [0.15, 0.2) is 42.7 Å². The van der Waals surface area contributed by atoms with Gasteiger partial charge in [-0.05, 0) is 0 Å². The van der Waals surface area contributed by atoms with Gasteiger partial charge in [0.25, 0.3) is 0 Å². The third kappa shape index (κ3) is 2.26. The van der Waals surface area contributed by atoms with Crippen LogP contribution >= 0.6 is 0 Å². The summed E-state index contributed by atoms with van der Waals surface area (Å²) >= 11 is 0. The number of benzene rings is 1. The molecular formula is C12H11N7. The molecule has 0 atom stereocenters. The lowest BCUT2D eigenvalue weighted by Crippen LogP contribution is -2.10. The van der Waals surface area contributed by atoms with Gasteiger partial charge < -0.3 is 5.43 Å². The number of hydrogen-bond donors (Lipinski definition) is 3. The molecule has 0 aliphatic carbocycles. The monoisotopic (exact) mass is 253 g/mol. The Morgan fingerprint density at radius 1 is 1.11 bits per heavy atom. The maximum atomic E-state index is 5.43. The Kier molecular flexibility index (Phi) is 2.87. The van der Waals surface area contributed by atoms with E-state index in [1.165, 1.54) is 6.33 Å². The van der Waals surface area contributed by atoms with E-state index < -0.39 is 0 Å². The van der Waals surface area contributed by atoms with E-state index >= 15 is 0 Å². The van der Waals surface area contributed by atoms with Crippen molar-refractivity contribution in [1.29, 1.82) is 0 Å². The summed E-state index contributed by atoms with van der Waals surface area (Å²) in [4.78, 5) is 12.7. The van der Waals surface area contributed by atoms with Crippen molar-refractivity contribution < 1.29 is 0 Å².